The number of hydrogen-bond acceptors (Lipinski definition) is 14. The number of phenols is 1. The topological polar surface area (TPSA) is 215 Å². The zero-order chi connectivity index (χ0) is 58.4. The fourth-order valence-corrected chi connectivity index (χ4v) is 13.0. The average Bonchev–Trinajstić information content (AvgIpc) is 3.46. The standard InChI is InChI=1S/C62H78F2N10O7S/c1-8-46-48(63)25-22-40-27-44(75)28-47(52(40)46)55(65-7)53(64)54-36(2)58(72-31-41-23-24-42(32-72)68-41)71-61(70-54)81-34-43-15-14-26-73(43)51(78)17-13-11-9-10-12-16-50(77)69-57(62(4,5)6)60(80)74-33-45(76)29-49(74)59(79)66-30-38-18-20-39(21-19-38)56-37(3)67-35-82-56/h18-22,25,27-28,35,41-43,45,49,57,68,75-76H,7-17,23-24,26,29-34H2,1-6H3,(H,66,79)(H,69,77)/b55-53+/t41?,42?,43-,45+,49-,57+/m0/s1. The van der Waals surface area contributed by atoms with Crippen molar-refractivity contribution >= 4 is 69.8 Å². The van der Waals surface area contributed by atoms with E-state index >= 15 is 8.78 Å². The van der Waals surface area contributed by atoms with Crippen LogP contribution >= 0.6 is 11.3 Å². The molecule has 5 N–H and O–H groups in total. The largest absolute Gasteiger partial charge is 0.508 e. The number of phenolic OH excluding ortho intramolecular Hbond substituents is 1. The van der Waals surface area contributed by atoms with Gasteiger partial charge in [0.15, 0.2) is 5.83 Å². The first kappa shape index (κ1) is 59.7. The summed E-state index contributed by atoms with van der Waals surface area (Å²) in [5, 5.41) is 31.9. The Morgan fingerprint density at radius 1 is 0.951 bits per heavy atom. The van der Waals surface area contributed by atoms with Crippen LogP contribution in [-0.2, 0) is 32.1 Å². The number of nitrogens with one attached hydrogen (secondary N) is 3. The number of nitrogens with zero attached hydrogens (tertiary/aromatic N) is 7. The number of hydrogen-bond donors (Lipinski definition) is 5. The van der Waals surface area contributed by atoms with Crippen LogP contribution in [0.4, 0.5) is 14.6 Å². The summed E-state index contributed by atoms with van der Waals surface area (Å²) in [7, 11) is 0. The number of amides is 4. The quantitative estimate of drug-likeness (QED) is 0.0324. The molecule has 9 rings (SSSR count). The maximum atomic E-state index is 17.4. The molecule has 2 aromatic heterocycles. The maximum absolute atomic E-state index is 17.4. The molecular formula is C62H78F2N10O7S. The fraction of sp³-hybridized carbons (Fsp3) is 0.516. The van der Waals surface area contributed by atoms with E-state index in [4.69, 9.17) is 9.72 Å². The van der Waals surface area contributed by atoms with E-state index in [0.717, 1.165) is 60.2 Å². The molecule has 3 aromatic carbocycles. The monoisotopic (exact) mass is 1140 g/mol. The van der Waals surface area contributed by atoms with Crippen LogP contribution in [0.5, 0.6) is 11.8 Å². The molecule has 438 valence electrons. The Morgan fingerprint density at radius 2 is 1.67 bits per heavy atom. The Kier molecular flexibility index (Phi) is 19.0. The first-order chi connectivity index (χ1) is 39.3. The number of aliphatic hydroxyl groups excluding tert-OH is 1. The molecule has 6 heterocycles. The number of unbranched alkanes of at least 4 members (excludes halogenated alkanes) is 4. The Balaban J connectivity index is 0.764. The van der Waals surface area contributed by atoms with Crippen molar-refractivity contribution in [3.63, 3.8) is 0 Å². The number of β-amino-alcohol motifs (C(OH)–C–C–N with tert-alkyl or cyclic N) is 1. The summed E-state index contributed by atoms with van der Waals surface area (Å²) in [5.74, 6) is -1.93. The number of aryl methyl sites for hydroxylation is 2. The van der Waals surface area contributed by atoms with Gasteiger partial charge >= 0.3 is 6.01 Å². The molecule has 2 unspecified atom stereocenters. The van der Waals surface area contributed by atoms with Gasteiger partial charge in [-0.05, 0) is 117 Å². The van der Waals surface area contributed by atoms with E-state index in [1.807, 2.05) is 69.3 Å². The minimum absolute atomic E-state index is 0.0108. The van der Waals surface area contributed by atoms with E-state index in [1.54, 1.807) is 24.3 Å². The second-order valence-electron chi connectivity index (χ2n) is 23.5. The van der Waals surface area contributed by atoms with E-state index in [9.17, 15) is 29.4 Å². The lowest BCUT2D eigenvalue weighted by atomic mass is 9.85. The van der Waals surface area contributed by atoms with Crippen molar-refractivity contribution in [1.29, 1.82) is 0 Å². The number of carbonyl (C=O) groups is 4. The molecule has 4 aliphatic rings. The first-order valence-corrected chi connectivity index (χ1v) is 29.9. The third kappa shape index (κ3) is 13.6. The Hall–Kier alpha value is -6.90. The lowest BCUT2D eigenvalue weighted by molar-refractivity contribution is -0.144. The predicted octanol–water partition coefficient (Wildman–Crippen LogP) is 9.12. The van der Waals surface area contributed by atoms with E-state index < -0.39 is 41.2 Å². The first-order valence-electron chi connectivity index (χ1n) is 29.0. The molecule has 82 heavy (non-hydrogen) atoms. The van der Waals surface area contributed by atoms with Crippen LogP contribution in [0.2, 0.25) is 0 Å². The number of thiazole rings is 1. The van der Waals surface area contributed by atoms with E-state index in [1.165, 1.54) is 23.1 Å². The molecule has 20 heteroatoms. The zero-order valence-electron chi connectivity index (χ0n) is 48.0. The Morgan fingerprint density at radius 3 is 2.35 bits per heavy atom. The Bertz CT molecular complexity index is 3190. The highest BCUT2D eigenvalue weighted by Gasteiger charge is 2.45. The number of halogens is 2. The summed E-state index contributed by atoms with van der Waals surface area (Å²) in [6, 6.07) is 12.0. The summed E-state index contributed by atoms with van der Waals surface area (Å²) in [4.78, 5) is 79.3. The van der Waals surface area contributed by atoms with Gasteiger partial charge < -0.3 is 45.6 Å². The second kappa shape index (κ2) is 26.1. The molecule has 2 bridgehead atoms. The number of aliphatic hydroxyl groups is 1. The van der Waals surface area contributed by atoms with Gasteiger partial charge in [-0.2, -0.15) is 9.97 Å². The molecule has 0 radical (unpaired) electrons. The molecule has 4 fully saturated rings. The van der Waals surface area contributed by atoms with Crippen LogP contribution in [0.3, 0.4) is 0 Å². The van der Waals surface area contributed by atoms with Crippen molar-refractivity contribution in [1.82, 2.24) is 40.7 Å². The van der Waals surface area contributed by atoms with Crippen LogP contribution in [0.15, 0.2) is 59.0 Å². The smallest absolute Gasteiger partial charge is 0.319 e. The number of benzene rings is 3. The molecule has 4 amide bonds. The fourth-order valence-electron chi connectivity index (χ4n) is 12.2. The van der Waals surface area contributed by atoms with Crippen molar-refractivity contribution in [2.45, 2.75) is 168 Å². The number of aromatic hydroxyl groups is 1. The highest BCUT2D eigenvalue weighted by atomic mass is 32.1. The van der Waals surface area contributed by atoms with Gasteiger partial charge in [0.1, 0.15) is 47.5 Å². The number of aromatic nitrogens is 3. The third-order valence-electron chi connectivity index (χ3n) is 16.6. The third-order valence-corrected chi connectivity index (χ3v) is 17.5. The van der Waals surface area contributed by atoms with Gasteiger partial charge in [-0.1, -0.05) is 77.3 Å². The van der Waals surface area contributed by atoms with E-state index in [-0.39, 0.29) is 97.1 Å². The number of ether oxygens (including phenoxy) is 1. The normalized spacial score (nSPS) is 20.5. The molecule has 17 nitrogen and oxygen atoms in total. The number of piperazine rings is 1. The number of carbonyl (C=O) groups excluding carboxylic acids is 4. The highest BCUT2D eigenvalue weighted by Crippen LogP contribution is 2.41. The molecule has 4 aliphatic heterocycles. The van der Waals surface area contributed by atoms with Crippen molar-refractivity contribution in [2.24, 2.45) is 10.4 Å². The molecule has 5 aromatic rings. The van der Waals surface area contributed by atoms with Gasteiger partial charge in [-0.25, -0.2) is 13.8 Å². The van der Waals surface area contributed by atoms with Crippen molar-refractivity contribution < 1.29 is 42.9 Å². The second-order valence-corrected chi connectivity index (χ2v) is 24.4. The van der Waals surface area contributed by atoms with Gasteiger partial charge in [-0.3, -0.25) is 24.2 Å². The minimum Gasteiger partial charge on any atom is -0.508 e. The molecule has 0 spiro atoms. The Labute approximate surface area is 483 Å². The average molecular weight is 1150 g/mol. The summed E-state index contributed by atoms with van der Waals surface area (Å²) in [6.45, 7) is 17.1. The van der Waals surface area contributed by atoms with Crippen molar-refractivity contribution in [2.75, 3.05) is 37.7 Å². The summed E-state index contributed by atoms with van der Waals surface area (Å²) in [6.07, 6.45) is 7.22. The minimum atomic E-state index is -0.921. The summed E-state index contributed by atoms with van der Waals surface area (Å²) >= 11 is 1.57. The van der Waals surface area contributed by atoms with Crippen LogP contribution in [0, 0.1) is 25.1 Å². The number of aliphatic imine (C=N–C) groups is 1. The zero-order valence-corrected chi connectivity index (χ0v) is 48.8. The number of anilines is 1. The SMILES string of the molecule is C=N/C(=C(/F)c1nc(OC[C@@H]2CCCN2C(=O)CCCCCCCC(=O)N[C@H](C(=O)N2C[C@H](O)C[C@H]2C(=O)NCc2ccc(-c3scnc3C)cc2)C(C)(C)C)nc(N2CC3CCC(C2)N3)c1C)c1cc(O)cc2ccc(F)c(CC)c12. The van der Waals surface area contributed by atoms with Gasteiger partial charge in [0.05, 0.1) is 28.2 Å². The van der Waals surface area contributed by atoms with Gasteiger partial charge in [-0.15, -0.1) is 11.3 Å². The number of likely N-dealkylation sites (tertiary alicyclic amines) is 2. The lowest BCUT2D eigenvalue weighted by Crippen LogP contribution is -2.57. The number of rotatable bonds is 22. The lowest BCUT2D eigenvalue weighted by Gasteiger charge is -2.35. The van der Waals surface area contributed by atoms with E-state index in [0.29, 0.717) is 79.5 Å². The van der Waals surface area contributed by atoms with Crippen LogP contribution in [0.25, 0.3) is 32.7 Å². The summed E-state index contributed by atoms with van der Waals surface area (Å²) in [5.41, 5.74) is 4.77. The van der Waals surface area contributed by atoms with Crippen LogP contribution in [-0.4, -0.2) is 134 Å². The molecule has 4 saturated heterocycles. The van der Waals surface area contributed by atoms with E-state index in [2.05, 4.69) is 42.5 Å². The molecule has 0 aliphatic carbocycles. The van der Waals surface area contributed by atoms with Crippen LogP contribution in [0.1, 0.15) is 138 Å². The highest BCUT2D eigenvalue weighted by molar-refractivity contribution is 7.13. The van der Waals surface area contributed by atoms with Gasteiger partial charge in [0.25, 0.3) is 0 Å². The predicted molar refractivity (Wildman–Crippen MR) is 316 cm³/mol. The molecule has 6 atom stereocenters. The number of fused-ring (bicyclic) bond motifs is 3. The van der Waals surface area contributed by atoms with Crippen molar-refractivity contribution in [3.05, 3.63) is 93.5 Å². The van der Waals surface area contributed by atoms with Gasteiger partial charge in [0.2, 0.25) is 23.6 Å². The van der Waals surface area contributed by atoms with Crippen molar-refractivity contribution in [3.8, 4) is 22.2 Å². The summed E-state index contributed by atoms with van der Waals surface area (Å²) < 4.78 is 39.0. The van der Waals surface area contributed by atoms with Gasteiger partial charge in [0, 0.05) is 75.2 Å². The maximum Gasteiger partial charge on any atom is 0.319 e. The van der Waals surface area contributed by atoms with Crippen LogP contribution < -0.4 is 25.6 Å². The molecule has 0 saturated carbocycles. The molecular weight excluding hydrogens is 1070 g/mol.